The fourth-order valence-corrected chi connectivity index (χ4v) is 14.5. The normalized spacial score (nSPS) is 13.2. The molecular formula is C33H40I6N6O14. The highest BCUT2D eigenvalue weighted by molar-refractivity contribution is 14.1. The van der Waals surface area contributed by atoms with Crippen LogP contribution < -0.4 is 31.2 Å². The summed E-state index contributed by atoms with van der Waals surface area (Å²) >= 11 is 10.8. The van der Waals surface area contributed by atoms with Crippen molar-refractivity contribution in [3.05, 3.63) is 43.7 Å². The van der Waals surface area contributed by atoms with Gasteiger partial charge in [-0.3, -0.25) is 33.6 Å². The maximum atomic E-state index is 13.6. The molecule has 0 bridgehead atoms. The topological polar surface area (TPSA) is 308 Å². The predicted octanol–water partition coefficient (Wildman–Crippen LogP) is -0.379. The van der Waals surface area contributed by atoms with E-state index >= 15 is 0 Å². The number of hydrogen-bond donors (Lipinski definition) is 11. The summed E-state index contributed by atoms with van der Waals surface area (Å²) in [6, 6.07) is 0. The van der Waals surface area contributed by atoms with Crippen LogP contribution in [-0.2, 0) is 14.4 Å². The number of carbonyl (C=O) groups excluding carboxylic acids is 6. The monoisotopic (exact) mass is 1510 g/mol. The molecule has 26 heteroatoms. The SMILES string of the molecule is CONC(=O)c1c(I)c(C(=O)NCC(O)CO)c(I)c(N(CC(O)CN(C(C)=O)c2c(I)c(C(=O)NCC(O)CO)c(I)c(C(=O)NCC(O)CO)c2I)C(C)=O)c1I. The first-order valence-electron chi connectivity index (χ1n) is 16.8. The van der Waals surface area contributed by atoms with Crippen molar-refractivity contribution in [2.45, 2.75) is 38.3 Å². The molecule has 4 atom stereocenters. The Morgan fingerprint density at radius 2 is 0.780 bits per heavy atom. The summed E-state index contributed by atoms with van der Waals surface area (Å²) in [5.74, 6) is -4.44. The van der Waals surface area contributed by atoms with Crippen molar-refractivity contribution < 1.29 is 69.4 Å². The molecule has 0 fully saturated rings. The molecule has 2 aromatic carbocycles. The number of benzene rings is 2. The van der Waals surface area contributed by atoms with E-state index in [1.54, 1.807) is 90.4 Å². The molecule has 328 valence electrons. The van der Waals surface area contributed by atoms with E-state index in [2.05, 4.69) is 21.4 Å². The number of anilines is 2. The van der Waals surface area contributed by atoms with E-state index in [-0.39, 0.29) is 74.7 Å². The Bertz CT molecular complexity index is 1870. The van der Waals surface area contributed by atoms with E-state index in [0.717, 1.165) is 9.80 Å². The number of nitrogens with zero attached hydrogens (tertiary/aromatic N) is 2. The standard InChI is InChI=1S/C33H40I6N6O14/c1-12(49)44(28-24(36)18(30(55)40-4-14(51)9-46)22(34)19(25(28)37)31(56)41-5-15(52)10-47)7-17(54)8-45(13(2)50)29-26(38)20(32(57)42-6-16(53)11-48)23(35)21(27(29)39)33(58)43-59-3/h14-17,46-48,51-54H,4-11H2,1-3H3,(H,40,55)(H,41,56)(H,42,57)(H,43,58). The van der Waals surface area contributed by atoms with Crippen molar-refractivity contribution in [2.75, 3.05) is 69.5 Å². The minimum Gasteiger partial charge on any atom is -0.394 e. The van der Waals surface area contributed by atoms with Crippen LogP contribution in [0.3, 0.4) is 0 Å². The van der Waals surface area contributed by atoms with Gasteiger partial charge in [-0.25, -0.2) is 5.48 Å². The van der Waals surface area contributed by atoms with Crippen LogP contribution in [-0.4, -0.2) is 155 Å². The van der Waals surface area contributed by atoms with Gasteiger partial charge in [0.2, 0.25) is 11.8 Å². The molecule has 20 nitrogen and oxygen atoms in total. The van der Waals surface area contributed by atoms with E-state index in [4.69, 9.17) is 4.84 Å². The van der Waals surface area contributed by atoms with Gasteiger partial charge in [-0.2, -0.15) is 0 Å². The molecule has 0 saturated heterocycles. The van der Waals surface area contributed by atoms with Gasteiger partial charge >= 0.3 is 0 Å². The molecule has 2 aromatic rings. The lowest BCUT2D eigenvalue weighted by molar-refractivity contribution is -0.117. The maximum absolute atomic E-state index is 13.6. The molecule has 59 heavy (non-hydrogen) atoms. The molecule has 4 unspecified atom stereocenters. The van der Waals surface area contributed by atoms with Gasteiger partial charge < -0.3 is 61.5 Å². The number of aliphatic hydroxyl groups is 7. The van der Waals surface area contributed by atoms with Gasteiger partial charge in [-0.1, -0.05) is 0 Å². The number of hydrogen-bond acceptors (Lipinski definition) is 14. The zero-order valence-electron chi connectivity index (χ0n) is 31.1. The number of carbonyl (C=O) groups is 6. The first-order chi connectivity index (χ1) is 27.6. The summed E-state index contributed by atoms with van der Waals surface area (Å²) in [6.07, 6.45) is -5.51. The average molecular weight is 1510 g/mol. The van der Waals surface area contributed by atoms with Gasteiger partial charge in [-0.15, -0.1) is 0 Å². The summed E-state index contributed by atoms with van der Waals surface area (Å²) in [5, 5.41) is 76.6. The van der Waals surface area contributed by atoms with E-state index in [1.807, 2.05) is 45.2 Å². The first-order valence-corrected chi connectivity index (χ1v) is 23.3. The first kappa shape index (κ1) is 54.5. The minimum atomic E-state index is -1.58. The van der Waals surface area contributed by atoms with Gasteiger partial charge in [0.15, 0.2) is 0 Å². The number of nitrogens with one attached hydrogen (secondary N) is 4. The Balaban J connectivity index is 2.82. The van der Waals surface area contributed by atoms with Gasteiger partial charge in [0.1, 0.15) is 0 Å². The molecular weight excluding hydrogens is 1470 g/mol. The number of amides is 6. The third-order valence-electron chi connectivity index (χ3n) is 7.90. The lowest BCUT2D eigenvalue weighted by Crippen LogP contribution is -2.45. The predicted molar refractivity (Wildman–Crippen MR) is 262 cm³/mol. The number of rotatable bonds is 20. The van der Waals surface area contributed by atoms with Crippen molar-refractivity contribution in [3.8, 4) is 0 Å². The highest BCUT2D eigenvalue weighted by atomic mass is 127. The second-order valence-electron chi connectivity index (χ2n) is 12.3. The van der Waals surface area contributed by atoms with Gasteiger partial charge in [0.05, 0.1) is 112 Å². The summed E-state index contributed by atoms with van der Waals surface area (Å²) in [5.41, 5.74) is 1.89. The minimum absolute atomic E-state index is 0.00854. The van der Waals surface area contributed by atoms with Crippen molar-refractivity contribution >= 4 is 182 Å². The molecule has 0 spiro atoms. The van der Waals surface area contributed by atoms with Gasteiger partial charge in [0, 0.05) is 40.6 Å². The summed E-state index contributed by atoms with van der Waals surface area (Å²) in [7, 11) is 1.19. The fraction of sp³-hybridized carbons (Fsp3) is 0.455. The highest BCUT2D eigenvalue weighted by Gasteiger charge is 2.35. The summed E-state index contributed by atoms with van der Waals surface area (Å²) < 4.78 is 0.884. The third kappa shape index (κ3) is 14.2. The Labute approximate surface area is 419 Å². The molecule has 0 aliphatic carbocycles. The van der Waals surface area contributed by atoms with Crippen molar-refractivity contribution in [1.29, 1.82) is 0 Å². The van der Waals surface area contributed by atoms with Gasteiger partial charge in [0.25, 0.3) is 23.6 Å². The number of aliphatic hydroxyl groups excluding tert-OH is 7. The Morgan fingerprint density at radius 3 is 1.02 bits per heavy atom. The van der Waals surface area contributed by atoms with Crippen molar-refractivity contribution in [2.24, 2.45) is 0 Å². The van der Waals surface area contributed by atoms with Crippen LogP contribution in [0.4, 0.5) is 11.4 Å². The molecule has 6 amide bonds. The van der Waals surface area contributed by atoms with E-state index < -0.39 is 92.8 Å². The summed E-state index contributed by atoms with van der Waals surface area (Å²) in [6.45, 7) is -1.79. The second-order valence-corrected chi connectivity index (χ2v) is 18.7. The molecule has 0 aliphatic rings. The van der Waals surface area contributed by atoms with Gasteiger partial charge in [-0.05, 0) is 136 Å². The Morgan fingerprint density at radius 1 is 0.508 bits per heavy atom. The fourth-order valence-electron chi connectivity index (χ4n) is 5.04. The highest BCUT2D eigenvalue weighted by Crippen LogP contribution is 2.40. The zero-order valence-corrected chi connectivity index (χ0v) is 44.1. The Hall–Kier alpha value is -0.680. The number of halogens is 6. The molecule has 0 heterocycles. The smallest absolute Gasteiger partial charge is 0.277 e. The van der Waals surface area contributed by atoms with Crippen LogP contribution in [0.5, 0.6) is 0 Å². The molecule has 0 radical (unpaired) electrons. The van der Waals surface area contributed by atoms with E-state index in [0.29, 0.717) is 0 Å². The van der Waals surface area contributed by atoms with Crippen molar-refractivity contribution in [1.82, 2.24) is 21.4 Å². The molecule has 0 aromatic heterocycles. The van der Waals surface area contributed by atoms with E-state index in [9.17, 15) is 64.5 Å². The van der Waals surface area contributed by atoms with Crippen LogP contribution in [0.1, 0.15) is 55.3 Å². The molecule has 0 aliphatic heterocycles. The van der Waals surface area contributed by atoms with Crippen molar-refractivity contribution in [3.63, 3.8) is 0 Å². The number of hydroxylamine groups is 1. The van der Waals surface area contributed by atoms with Crippen LogP contribution in [0, 0.1) is 21.4 Å². The largest absolute Gasteiger partial charge is 0.394 e. The quantitative estimate of drug-likeness (QED) is 0.0596. The maximum Gasteiger partial charge on any atom is 0.277 e. The lowest BCUT2D eigenvalue weighted by atomic mass is 10.1. The van der Waals surface area contributed by atoms with Crippen LogP contribution in [0.25, 0.3) is 0 Å². The third-order valence-corrected chi connectivity index (χ3v) is 14.3. The molecule has 11 N–H and O–H groups in total. The molecule has 2 rings (SSSR count). The van der Waals surface area contributed by atoms with E-state index in [1.165, 1.54) is 21.0 Å². The van der Waals surface area contributed by atoms with Crippen LogP contribution >= 0.6 is 136 Å². The summed E-state index contributed by atoms with van der Waals surface area (Å²) in [4.78, 5) is 88.0. The Kier molecular flexibility index (Phi) is 23.6. The molecule has 0 saturated carbocycles. The average Bonchev–Trinajstić information content (AvgIpc) is 3.16. The zero-order chi connectivity index (χ0) is 45.0. The second kappa shape index (κ2) is 25.6. The van der Waals surface area contributed by atoms with Crippen LogP contribution in [0.15, 0.2) is 0 Å². The lowest BCUT2D eigenvalue weighted by Gasteiger charge is -2.32. The van der Waals surface area contributed by atoms with Crippen LogP contribution in [0.2, 0.25) is 0 Å².